The highest BCUT2D eigenvalue weighted by atomic mass is 35.5. The number of imidazole rings is 1. The standard InChI is InChI=1S/C23H21ClN4O/c1-13(23(29)27-16-5-3-15(24)4-6-16)22-18-9-17(10-19(18)22)28-12-26-20-7-2-14(11-25)8-21(20)28/h2-8,12-13,17-19,22H,9-10H2,1H3,(H,27,29)/t13?,17-,18-,19+,22-. The summed E-state index contributed by atoms with van der Waals surface area (Å²) >= 11 is 5.91. The second kappa shape index (κ2) is 6.89. The summed E-state index contributed by atoms with van der Waals surface area (Å²) in [6, 6.07) is 15.5. The molecule has 0 spiro atoms. The minimum atomic E-state index is -0.00801. The quantitative estimate of drug-likeness (QED) is 0.662. The van der Waals surface area contributed by atoms with Crippen LogP contribution < -0.4 is 5.32 Å². The van der Waals surface area contributed by atoms with Crippen LogP contribution in [0.15, 0.2) is 48.8 Å². The molecule has 2 aliphatic rings. The van der Waals surface area contributed by atoms with E-state index in [1.54, 1.807) is 12.1 Å². The number of amides is 1. The fourth-order valence-electron chi connectivity index (χ4n) is 5.18. The molecule has 3 aromatic rings. The third kappa shape index (κ3) is 3.18. The van der Waals surface area contributed by atoms with Crippen molar-refractivity contribution in [1.29, 1.82) is 5.26 Å². The summed E-state index contributed by atoms with van der Waals surface area (Å²) in [5, 5.41) is 12.9. The number of rotatable bonds is 4. The van der Waals surface area contributed by atoms with Gasteiger partial charge in [-0.1, -0.05) is 18.5 Å². The smallest absolute Gasteiger partial charge is 0.227 e. The molecule has 1 unspecified atom stereocenters. The summed E-state index contributed by atoms with van der Waals surface area (Å²) in [6.45, 7) is 2.04. The lowest BCUT2D eigenvalue weighted by Crippen LogP contribution is -2.24. The van der Waals surface area contributed by atoms with E-state index in [0.29, 0.717) is 34.4 Å². The zero-order valence-electron chi connectivity index (χ0n) is 16.0. The fourth-order valence-corrected chi connectivity index (χ4v) is 5.31. The summed E-state index contributed by atoms with van der Waals surface area (Å²) < 4.78 is 2.22. The van der Waals surface area contributed by atoms with Crippen LogP contribution >= 0.6 is 11.6 Å². The molecule has 2 fully saturated rings. The molecule has 1 heterocycles. The lowest BCUT2D eigenvalue weighted by atomic mass is 9.96. The number of carbonyl (C=O) groups excluding carboxylic acids is 1. The van der Waals surface area contributed by atoms with Gasteiger partial charge in [0.05, 0.1) is 29.0 Å². The molecule has 2 aliphatic carbocycles. The minimum Gasteiger partial charge on any atom is -0.327 e. The molecule has 2 saturated carbocycles. The normalized spacial score (nSPS) is 26.0. The van der Waals surface area contributed by atoms with E-state index < -0.39 is 0 Å². The Morgan fingerprint density at radius 3 is 2.66 bits per heavy atom. The van der Waals surface area contributed by atoms with Gasteiger partial charge in [-0.05, 0) is 73.1 Å². The maximum atomic E-state index is 12.7. The topological polar surface area (TPSA) is 70.7 Å². The van der Waals surface area contributed by atoms with Gasteiger partial charge in [-0.3, -0.25) is 4.79 Å². The maximum Gasteiger partial charge on any atom is 0.227 e. The zero-order chi connectivity index (χ0) is 20.1. The molecule has 6 heteroatoms. The molecule has 5 rings (SSSR count). The van der Waals surface area contributed by atoms with Crippen LogP contribution in [0, 0.1) is 35.0 Å². The Morgan fingerprint density at radius 1 is 1.24 bits per heavy atom. The SMILES string of the molecule is CC(C(=O)Nc1ccc(Cl)cc1)[C@@H]1[C@@H]2C[C@@H](n3cnc4ccc(C#N)cc43)C[C@@H]21. The first-order valence-electron chi connectivity index (χ1n) is 9.98. The van der Waals surface area contributed by atoms with E-state index in [-0.39, 0.29) is 11.8 Å². The van der Waals surface area contributed by atoms with Gasteiger partial charge in [0.1, 0.15) is 0 Å². The Kier molecular flexibility index (Phi) is 4.33. The van der Waals surface area contributed by atoms with E-state index in [1.807, 2.05) is 43.6 Å². The molecule has 1 N–H and O–H groups in total. The van der Waals surface area contributed by atoms with Crippen molar-refractivity contribution in [2.24, 2.45) is 23.7 Å². The molecular formula is C23H21ClN4O. The number of nitriles is 1. The van der Waals surface area contributed by atoms with Crippen molar-refractivity contribution >= 4 is 34.2 Å². The second-order valence-corrected chi connectivity index (χ2v) is 8.72. The van der Waals surface area contributed by atoms with Crippen molar-refractivity contribution in [2.75, 3.05) is 5.32 Å². The van der Waals surface area contributed by atoms with Crippen LogP contribution in [-0.4, -0.2) is 15.5 Å². The van der Waals surface area contributed by atoms with Crippen molar-refractivity contribution in [1.82, 2.24) is 9.55 Å². The van der Waals surface area contributed by atoms with Crippen LogP contribution in [0.5, 0.6) is 0 Å². The van der Waals surface area contributed by atoms with E-state index in [9.17, 15) is 10.1 Å². The summed E-state index contributed by atoms with van der Waals surface area (Å²) in [7, 11) is 0. The number of nitrogens with one attached hydrogen (secondary N) is 1. The average Bonchev–Trinajstić information content (AvgIpc) is 3.07. The average molecular weight is 405 g/mol. The lowest BCUT2D eigenvalue weighted by Gasteiger charge is -2.20. The number of benzene rings is 2. The second-order valence-electron chi connectivity index (χ2n) is 8.28. The Balaban J connectivity index is 1.25. The van der Waals surface area contributed by atoms with E-state index in [2.05, 4.69) is 20.9 Å². The number of hydrogen-bond donors (Lipinski definition) is 1. The molecule has 2 aromatic carbocycles. The Labute approximate surface area is 174 Å². The van der Waals surface area contributed by atoms with Gasteiger partial charge in [0.2, 0.25) is 5.91 Å². The molecule has 0 aliphatic heterocycles. The van der Waals surface area contributed by atoms with Gasteiger partial charge >= 0.3 is 0 Å². The summed E-state index contributed by atoms with van der Waals surface area (Å²) in [5.41, 5.74) is 3.40. The summed E-state index contributed by atoms with van der Waals surface area (Å²) in [5.74, 6) is 1.69. The van der Waals surface area contributed by atoms with E-state index in [0.717, 1.165) is 29.6 Å². The number of aromatic nitrogens is 2. The minimum absolute atomic E-state index is 0.00801. The monoisotopic (exact) mass is 404 g/mol. The number of hydrogen-bond acceptors (Lipinski definition) is 3. The molecule has 5 nitrogen and oxygen atoms in total. The number of nitrogens with zero attached hydrogens (tertiary/aromatic N) is 3. The van der Waals surface area contributed by atoms with Gasteiger partial charge in [0, 0.05) is 22.7 Å². The van der Waals surface area contributed by atoms with E-state index >= 15 is 0 Å². The Bertz CT molecular complexity index is 1120. The first-order valence-corrected chi connectivity index (χ1v) is 10.4. The van der Waals surface area contributed by atoms with Gasteiger partial charge in [0.25, 0.3) is 0 Å². The molecular weight excluding hydrogens is 384 g/mol. The van der Waals surface area contributed by atoms with E-state index in [1.165, 1.54) is 0 Å². The Morgan fingerprint density at radius 2 is 1.97 bits per heavy atom. The van der Waals surface area contributed by atoms with Gasteiger partial charge in [-0.15, -0.1) is 0 Å². The third-order valence-corrected chi connectivity index (χ3v) is 6.94. The molecule has 146 valence electrons. The number of fused-ring (bicyclic) bond motifs is 2. The van der Waals surface area contributed by atoms with Gasteiger partial charge in [0.15, 0.2) is 0 Å². The van der Waals surface area contributed by atoms with Crippen LogP contribution in [0.2, 0.25) is 5.02 Å². The van der Waals surface area contributed by atoms with Crippen LogP contribution in [0.25, 0.3) is 11.0 Å². The van der Waals surface area contributed by atoms with E-state index in [4.69, 9.17) is 11.6 Å². The largest absolute Gasteiger partial charge is 0.327 e. The van der Waals surface area contributed by atoms with Gasteiger partial charge in [-0.25, -0.2) is 4.98 Å². The molecule has 0 bridgehead atoms. The summed E-state index contributed by atoms with van der Waals surface area (Å²) in [4.78, 5) is 17.2. The highest BCUT2D eigenvalue weighted by Crippen LogP contribution is 2.64. The first kappa shape index (κ1) is 18.2. The fraction of sp³-hybridized carbons (Fsp3) is 0.348. The molecule has 0 saturated heterocycles. The van der Waals surface area contributed by atoms with Crippen molar-refractivity contribution in [3.8, 4) is 6.07 Å². The molecule has 1 aromatic heterocycles. The van der Waals surface area contributed by atoms with Crippen LogP contribution in [0.3, 0.4) is 0 Å². The lowest BCUT2D eigenvalue weighted by molar-refractivity contribution is -0.120. The van der Waals surface area contributed by atoms with Crippen molar-refractivity contribution in [2.45, 2.75) is 25.8 Å². The third-order valence-electron chi connectivity index (χ3n) is 6.69. The summed E-state index contributed by atoms with van der Waals surface area (Å²) in [6.07, 6.45) is 4.03. The van der Waals surface area contributed by atoms with Crippen molar-refractivity contribution in [3.63, 3.8) is 0 Å². The zero-order valence-corrected chi connectivity index (χ0v) is 16.8. The molecule has 5 atom stereocenters. The molecule has 0 radical (unpaired) electrons. The predicted molar refractivity (Wildman–Crippen MR) is 112 cm³/mol. The van der Waals surface area contributed by atoms with Gasteiger partial charge in [-0.2, -0.15) is 5.26 Å². The highest BCUT2D eigenvalue weighted by Gasteiger charge is 2.59. The van der Waals surface area contributed by atoms with Gasteiger partial charge < -0.3 is 9.88 Å². The highest BCUT2D eigenvalue weighted by molar-refractivity contribution is 6.30. The Hall–Kier alpha value is -2.84. The van der Waals surface area contributed by atoms with Crippen molar-refractivity contribution in [3.05, 3.63) is 59.4 Å². The van der Waals surface area contributed by atoms with Crippen LogP contribution in [0.4, 0.5) is 5.69 Å². The van der Waals surface area contributed by atoms with Crippen molar-refractivity contribution < 1.29 is 4.79 Å². The number of carbonyl (C=O) groups is 1. The molecule has 1 amide bonds. The number of halogens is 1. The van der Waals surface area contributed by atoms with Crippen LogP contribution in [-0.2, 0) is 4.79 Å². The predicted octanol–water partition coefficient (Wildman–Crippen LogP) is 5.03. The first-order chi connectivity index (χ1) is 14.0. The molecule has 29 heavy (non-hydrogen) atoms. The number of anilines is 1. The maximum absolute atomic E-state index is 12.7. The van der Waals surface area contributed by atoms with Crippen LogP contribution in [0.1, 0.15) is 31.4 Å².